The largest absolute Gasteiger partial charge is 0.411 e. The Morgan fingerprint density at radius 3 is 2.85 bits per heavy atom. The summed E-state index contributed by atoms with van der Waals surface area (Å²) >= 11 is 0. The van der Waals surface area contributed by atoms with E-state index >= 15 is 0 Å². The topological polar surface area (TPSA) is 90.8 Å². The minimum atomic E-state index is -0.542. The van der Waals surface area contributed by atoms with E-state index in [0.29, 0.717) is 24.2 Å². The molecule has 1 aromatic carbocycles. The van der Waals surface area contributed by atoms with Gasteiger partial charge in [0.05, 0.1) is 5.69 Å². The molecule has 0 saturated heterocycles. The van der Waals surface area contributed by atoms with Gasteiger partial charge in [0.25, 0.3) is 5.91 Å². The average Bonchev–Trinajstić information content (AvgIpc) is 2.40. The van der Waals surface area contributed by atoms with Crippen LogP contribution in [-0.2, 0) is 9.59 Å². The molecule has 0 atom stereocenters. The van der Waals surface area contributed by atoms with Crippen LogP contribution in [0.2, 0.25) is 0 Å². The monoisotopic (exact) mass is 273 g/mol. The number of benzene rings is 1. The highest BCUT2D eigenvalue weighted by Crippen LogP contribution is 2.13. The third kappa shape index (κ3) is 5.69. The molecule has 0 saturated carbocycles. The van der Waals surface area contributed by atoms with Crippen molar-refractivity contribution in [1.82, 2.24) is 5.32 Å². The Hall–Kier alpha value is -2.81. The molecule has 0 aliphatic rings. The Balaban J connectivity index is 2.68. The minimum Gasteiger partial charge on any atom is -0.411 e. The van der Waals surface area contributed by atoms with Crippen molar-refractivity contribution in [1.29, 1.82) is 0 Å². The van der Waals surface area contributed by atoms with E-state index in [4.69, 9.17) is 5.21 Å². The standard InChI is InChI=1S/C14H15N3O3/c1-11(18)15-9-5-4-7-12-6-2-3-8-13(12)17-14(19)10-16-20/h2-3,6,8,10,20H,5,9H2,1H3,(H,15,18)(H,17,19). The van der Waals surface area contributed by atoms with E-state index in [1.54, 1.807) is 24.3 Å². The van der Waals surface area contributed by atoms with Crippen molar-refractivity contribution >= 4 is 23.7 Å². The Morgan fingerprint density at radius 1 is 1.40 bits per heavy atom. The summed E-state index contributed by atoms with van der Waals surface area (Å²) in [5.74, 6) is 5.18. The average molecular weight is 273 g/mol. The van der Waals surface area contributed by atoms with Crippen LogP contribution in [0, 0.1) is 11.8 Å². The maximum Gasteiger partial charge on any atom is 0.270 e. The maximum absolute atomic E-state index is 11.3. The lowest BCUT2D eigenvalue weighted by atomic mass is 10.1. The third-order valence-corrected chi connectivity index (χ3v) is 2.21. The highest BCUT2D eigenvalue weighted by atomic mass is 16.4. The molecule has 3 N–H and O–H groups in total. The van der Waals surface area contributed by atoms with E-state index < -0.39 is 5.91 Å². The number of hydrogen-bond donors (Lipinski definition) is 3. The summed E-state index contributed by atoms with van der Waals surface area (Å²) in [7, 11) is 0. The summed E-state index contributed by atoms with van der Waals surface area (Å²) in [4.78, 5) is 22.0. The predicted octanol–water partition coefficient (Wildman–Crippen LogP) is 0.963. The molecule has 0 bridgehead atoms. The van der Waals surface area contributed by atoms with Gasteiger partial charge in [0.2, 0.25) is 5.91 Å². The van der Waals surface area contributed by atoms with E-state index in [0.717, 1.165) is 6.21 Å². The minimum absolute atomic E-state index is 0.0947. The summed E-state index contributed by atoms with van der Waals surface area (Å²) in [5.41, 5.74) is 1.18. The lowest BCUT2D eigenvalue weighted by molar-refractivity contribution is -0.118. The Kier molecular flexibility index (Phi) is 6.34. The summed E-state index contributed by atoms with van der Waals surface area (Å²) < 4.78 is 0. The third-order valence-electron chi connectivity index (χ3n) is 2.21. The zero-order valence-electron chi connectivity index (χ0n) is 11.0. The number of nitrogens with one attached hydrogen (secondary N) is 2. The van der Waals surface area contributed by atoms with Crippen LogP contribution >= 0.6 is 0 Å². The second kappa shape index (κ2) is 8.32. The summed E-state index contributed by atoms with van der Waals surface area (Å²) in [6.07, 6.45) is 1.28. The summed E-state index contributed by atoms with van der Waals surface area (Å²) in [5, 5.41) is 16.1. The van der Waals surface area contributed by atoms with E-state index in [1.807, 2.05) is 0 Å². The second-order valence-corrected chi connectivity index (χ2v) is 3.81. The lowest BCUT2D eigenvalue weighted by Crippen LogP contribution is -2.20. The van der Waals surface area contributed by atoms with Crippen molar-refractivity contribution in [3.8, 4) is 11.8 Å². The molecule has 20 heavy (non-hydrogen) atoms. The molecule has 104 valence electrons. The Morgan fingerprint density at radius 2 is 2.15 bits per heavy atom. The molecule has 0 unspecified atom stereocenters. The van der Waals surface area contributed by atoms with E-state index in [-0.39, 0.29) is 5.91 Å². The van der Waals surface area contributed by atoms with Gasteiger partial charge in [0, 0.05) is 25.5 Å². The highest BCUT2D eigenvalue weighted by molar-refractivity contribution is 6.31. The molecule has 0 spiro atoms. The highest BCUT2D eigenvalue weighted by Gasteiger charge is 2.02. The van der Waals surface area contributed by atoms with Crippen molar-refractivity contribution in [2.45, 2.75) is 13.3 Å². The van der Waals surface area contributed by atoms with Crippen LogP contribution in [0.4, 0.5) is 5.69 Å². The molecule has 0 fully saturated rings. The van der Waals surface area contributed by atoms with Gasteiger partial charge < -0.3 is 15.8 Å². The molecule has 0 aliphatic carbocycles. The zero-order valence-corrected chi connectivity index (χ0v) is 11.0. The molecule has 2 amide bonds. The van der Waals surface area contributed by atoms with Gasteiger partial charge in [-0.3, -0.25) is 9.59 Å². The number of amides is 2. The van der Waals surface area contributed by atoms with Crippen molar-refractivity contribution < 1.29 is 14.8 Å². The molecule has 6 heteroatoms. The number of para-hydroxylation sites is 1. The molecular formula is C14H15N3O3. The SMILES string of the molecule is CC(=O)NCCC#Cc1ccccc1NC(=O)C=NO. The number of rotatable bonds is 4. The van der Waals surface area contributed by atoms with Gasteiger partial charge in [-0.1, -0.05) is 29.1 Å². The fraction of sp³-hybridized carbons (Fsp3) is 0.214. The molecule has 0 aromatic heterocycles. The molecule has 0 aliphatic heterocycles. The molecule has 1 rings (SSSR count). The second-order valence-electron chi connectivity index (χ2n) is 3.81. The lowest BCUT2D eigenvalue weighted by Gasteiger charge is -2.04. The normalized spacial score (nSPS) is 9.65. The van der Waals surface area contributed by atoms with Gasteiger partial charge in [0.1, 0.15) is 6.21 Å². The van der Waals surface area contributed by atoms with Crippen LogP contribution in [0.5, 0.6) is 0 Å². The predicted molar refractivity (Wildman–Crippen MR) is 75.5 cm³/mol. The van der Waals surface area contributed by atoms with Gasteiger partial charge >= 0.3 is 0 Å². The van der Waals surface area contributed by atoms with Crippen LogP contribution < -0.4 is 10.6 Å². The van der Waals surface area contributed by atoms with Crippen LogP contribution in [0.1, 0.15) is 18.9 Å². The van der Waals surface area contributed by atoms with Crippen molar-refractivity contribution in [2.75, 3.05) is 11.9 Å². The first-order chi connectivity index (χ1) is 9.63. The first-order valence-corrected chi connectivity index (χ1v) is 5.94. The van der Waals surface area contributed by atoms with Gasteiger partial charge in [-0.15, -0.1) is 0 Å². The molecule has 0 heterocycles. The number of anilines is 1. The van der Waals surface area contributed by atoms with Gasteiger partial charge in [-0.25, -0.2) is 0 Å². The van der Waals surface area contributed by atoms with E-state index in [2.05, 4.69) is 27.6 Å². The van der Waals surface area contributed by atoms with Crippen LogP contribution in [0.25, 0.3) is 0 Å². The molecule has 6 nitrogen and oxygen atoms in total. The molecule has 1 aromatic rings. The molecule has 0 radical (unpaired) electrons. The van der Waals surface area contributed by atoms with Crippen LogP contribution in [0.3, 0.4) is 0 Å². The van der Waals surface area contributed by atoms with Crippen LogP contribution in [-0.4, -0.2) is 29.8 Å². The van der Waals surface area contributed by atoms with Crippen molar-refractivity contribution in [3.63, 3.8) is 0 Å². The number of hydrogen-bond acceptors (Lipinski definition) is 4. The first kappa shape index (κ1) is 15.2. The number of carbonyl (C=O) groups is 2. The summed E-state index contributed by atoms with van der Waals surface area (Å²) in [6.45, 7) is 1.93. The summed E-state index contributed by atoms with van der Waals surface area (Å²) in [6, 6.07) is 7.01. The van der Waals surface area contributed by atoms with Gasteiger partial charge in [0.15, 0.2) is 0 Å². The fourth-order valence-corrected chi connectivity index (χ4v) is 1.38. The fourth-order valence-electron chi connectivity index (χ4n) is 1.38. The van der Waals surface area contributed by atoms with E-state index in [1.165, 1.54) is 6.92 Å². The van der Waals surface area contributed by atoms with Crippen molar-refractivity contribution in [3.05, 3.63) is 29.8 Å². The number of nitrogens with zero attached hydrogens (tertiary/aromatic N) is 1. The molecular weight excluding hydrogens is 258 g/mol. The number of carbonyl (C=O) groups excluding carboxylic acids is 2. The smallest absolute Gasteiger partial charge is 0.270 e. The van der Waals surface area contributed by atoms with E-state index in [9.17, 15) is 9.59 Å². The number of oxime groups is 1. The first-order valence-electron chi connectivity index (χ1n) is 5.94. The Labute approximate surface area is 116 Å². The Bertz CT molecular complexity index is 571. The van der Waals surface area contributed by atoms with Crippen LogP contribution in [0.15, 0.2) is 29.4 Å². The maximum atomic E-state index is 11.3. The quantitative estimate of drug-likeness (QED) is 0.251. The van der Waals surface area contributed by atoms with Gasteiger partial charge in [-0.05, 0) is 12.1 Å². The van der Waals surface area contributed by atoms with Gasteiger partial charge in [-0.2, -0.15) is 0 Å². The van der Waals surface area contributed by atoms with Crippen molar-refractivity contribution in [2.24, 2.45) is 5.16 Å². The zero-order chi connectivity index (χ0) is 14.8.